The highest BCUT2D eigenvalue weighted by Gasteiger charge is 2.31. The predicted molar refractivity (Wildman–Crippen MR) is 156 cm³/mol. The van der Waals surface area contributed by atoms with E-state index in [2.05, 4.69) is 33.7 Å². The van der Waals surface area contributed by atoms with Crippen molar-refractivity contribution in [1.29, 1.82) is 5.26 Å². The van der Waals surface area contributed by atoms with Crippen LogP contribution in [0.25, 0.3) is 28.0 Å². The van der Waals surface area contributed by atoms with E-state index in [0.29, 0.717) is 37.7 Å². The van der Waals surface area contributed by atoms with Crippen LogP contribution in [0.15, 0.2) is 102 Å². The Hall–Kier alpha value is -4.00. The highest BCUT2D eigenvalue weighted by Crippen LogP contribution is 2.30. The fourth-order valence-electron chi connectivity index (χ4n) is 5.15. The van der Waals surface area contributed by atoms with Crippen LogP contribution in [-0.4, -0.2) is 53.2 Å². The van der Waals surface area contributed by atoms with Gasteiger partial charge in [-0.3, -0.25) is 4.90 Å². The van der Waals surface area contributed by atoms with Gasteiger partial charge >= 0.3 is 0 Å². The molecule has 3 heterocycles. The number of pyridine rings is 1. The van der Waals surface area contributed by atoms with Crippen molar-refractivity contribution in [3.8, 4) is 28.5 Å². The summed E-state index contributed by atoms with van der Waals surface area (Å²) in [6.45, 7) is 2.38. The van der Waals surface area contributed by atoms with E-state index in [1.165, 1.54) is 16.4 Å². The summed E-state index contributed by atoms with van der Waals surface area (Å²) >= 11 is 6.17. The van der Waals surface area contributed by atoms with Crippen molar-refractivity contribution < 1.29 is 8.42 Å². The molecule has 9 heteroatoms. The maximum atomic E-state index is 13.3. The molecule has 40 heavy (non-hydrogen) atoms. The van der Waals surface area contributed by atoms with Crippen molar-refractivity contribution in [1.82, 2.24) is 18.6 Å². The van der Waals surface area contributed by atoms with Crippen molar-refractivity contribution in [2.45, 2.75) is 11.4 Å². The highest BCUT2D eigenvalue weighted by atomic mass is 35.5. The lowest BCUT2D eigenvalue weighted by Gasteiger charge is -2.34. The first-order valence-corrected chi connectivity index (χ1v) is 14.8. The third-order valence-corrected chi connectivity index (χ3v) is 9.48. The van der Waals surface area contributed by atoms with Gasteiger partial charge in [-0.2, -0.15) is 9.57 Å². The Kier molecular flexibility index (Phi) is 7.13. The summed E-state index contributed by atoms with van der Waals surface area (Å²) in [6.07, 6.45) is 2.12. The fraction of sp³-hybridized carbons (Fsp3) is 0.161. The average molecular weight is 568 g/mol. The number of fused-ring (bicyclic) bond motifs is 1. The minimum absolute atomic E-state index is 0.0613. The number of nitriles is 1. The Balaban J connectivity index is 1.31. The maximum Gasteiger partial charge on any atom is 0.244 e. The normalized spacial score (nSPS) is 14.8. The number of halogens is 1. The third kappa shape index (κ3) is 5.01. The summed E-state index contributed by atoms with van der Waals surface area (Å²) in [6, 6.07) is 30.4. The van der Waals surface area contributed by atoms with Gasteiger partial charge < -0.3 is 4.40 Å². The minimum Gasteiger partial charge on any atom is -0.301 e. The molecule has 0 bridgehead atoms. The molecule has 1 saturated heterocycles. The number of aromatic nitrogens is 2. The van der Waals surface area contributed by atoms with Crippen molar-refractivity contribution in [3.05, 3.63) is 113 Å². The monoisotopic (exact) mass is 567 g/mol. The predicted octanol–water partition coefficient (Wildman–Crippen LogP) is 5.70. The zero-order valence-corrected chi connectivity index (χ0v) is 23.2. The van der Waals surface area contributed by atoms with Gasteiger partial charge in [-0.05, 0) is 47.5 Å². The second kappa shape index (κ2) is 10.9. The second-order valence-electron chi connectivity index (χ2n) is 9.71. The van der Waals surface area contributed by atoms with Crippen LogP contribution in [0.4, 0.5) is 0 Å². The molecule has 1 aliphatic heterocycles. The standard InChI is InChI=1S/C31H26ClN5O2S/c32-27-13-10-24(11-14-27)31-28(37-21-26(12-15-30(37)34-31)23-6-2-1-3-7-23)22-35-16-18-36(19-17-35)40(38,39)29-9-5-4-8-25(29)20-33/h1-15,21H,16-19,22H2. The number of piperazine rings is 1. The first kappa shape index (κ1) is 26.2. The molecule has 0 radical (unpaired) electrons. The molecule has 2 aromatic heterocycles. The molecule has 6 rings (SSSR count). The molecule has 0 unspecified atom stereocenters. The minimum atomic E-state index is -3.76. The van der Waals surface area contributed by atoms with Gasteiger partial charge in [0, 0.05) is 49.5 Å². The van der Waals surface area contributed by atoms with Crippen LogP contribution in [0.1, 0.15) is 11.3 Å². The number of sulfonamides is 1. The molecule has 0 atom stereocenters. The maximum absolute atomic E-state index is 13.3. The summed E-state index contributed by atoms with van der Waals surface area (Å²) < 4.78 is 30.3. The Morgan fingerprint density at radius 3 is 2.20 bits per heavy atom. The van der Waals surface area contributed by atoms with Crippen molar-refractivity contribution >= 4 is 27.3 Å². The summed E-state index contributed by atoms with van der Waals surface area (Å²) in [5.41, 5.74) is 6.08. The van der Waals surface area contributed by atoms with Gasteiger partial charge in [0.05, 0.1) is 21.8 Å². The molecule has 3 aromatic carbocycles. The van der Waals surface area contributed by atoms with E-state index in [0.717, 1.165) is 33.7 Å². The van der Waals surface area contributed by atoms with Crippen LogP contribution in [0, 0.1) is 11.3 Å². The molecule has 1 aliphatic rings. The highest BCUT2D eigenvalue weighted by molar-refractivity contribution is 7.89. The third-order valence-electron chi connectivity index (χ3n) is 7.27. The first-order chi connectivity index (χ1) is 19.4. The largest absolute Gasteiger partial charge is 0.301 e. The zero-order chi connectivity index (χ0) is 27.7. The summed E-state index contributed by atoms with van der Waals surface area (Å²) in [7, 11) is -3.76. The number of hydrogen-bond donors (Lipinski definition) is 0. The Morgan fingerprint density at radius 2 is 1.48 bits per heavy atom. The van der Waals surface area contributed by atoms with E-state index in [1.807, 2.05) is 54.6 Å². The lowest BCUT2D eigenvalue weighted by Crippen LogP contribution is -2.48. The molecule has 0 spiro atoms. The van der Waals surface area contributed by atoms with E-state index >= 15 is 0 Å². The summed E-state index contributed by atoms with van der Waals surface area (Å²) in [5, 5.41) is 10.1. The zero-order valence-electron chi connectivity index (χ0n) is 21.6. The van der Waals surface area contributed by atoms with Crippen molar-refractivity contribution in [2.75, 3.05) is 26.2 Å². The fourth-order valence-corrected chi connectivity index (χ4v) is 6.84. The van der Waals surface area contributed by atoms with E-state index in [4.69, 9.17) is 16.6 Å². The number of hydrogen-bond acceptors (Lipinski definition) is 5. The van der Waals surface area contributed by atoms with Gasteiger partial charge in [-0.15, -0.1) is 0 Å². The van der Waals surface area contributed by atoms with Gasteiger partial charge in [0.15, 0.2) is 0 Å². The Bertz CT molecular complexity index is 1820. The van der Waals surface area contributed by atoms with Gasteiger partial charge in [-0.25, -0.2) is 13.4 Å². The smallest absolute Gasteiger partial charge is 0.244 e. The van der Waals surface area contributed by atoms with Crippen LogP contribution in [-0.2, 0) is 16.6 Å². The van der Waals surface area contributed by atoms with Crippen LogP contribution in [0.3, 0.4) is 0 Å². The molecule has 0 saturated carbocycles. The van der Waals surface area contributed by atoms with E-state index in [-0.39, 0.29) is 10.5 Å². The van der Waals surface area contributed by atoms with E-state index < -0.39 is 10.0 Å². The van der Waals surface area contributed by atoms with Crippen LogP contribution < -0.4 is 0 Å². The van der Waals surface area contributed by atoms with Crippen molar-refractivity contribution in [3.63, 3.8) is 0 Å². The molecular formula is C31H26ClN5O2S. The summed E-state index contributed by atoms with van der Waals surface area (Å²) in [5.74, 6) is 0. The van der Waals surface area contributed by atoms with E-state index in [1.54, 1.807) is 12.1 Å². The van der Waals surface area contributed by atoms with Crippen LogP contribution in [0.2, 0.25) is 5.02 Å². The lowest BCUT2D eigenvalue weighted by molar-refractivity contribution is 0.180. The lowest BCUT2D eigenvalue weighted by atomic mass is 10.1. The molecule has 0 aliphatic carbocycles. The van der Waals surface area contributed by atoms with Crippen LogP contribution >= 0.6 is 11.6 Å². The topological polar surface area (TPSA) is 81.7 Å². The molecule has 0 N–H and O–H groups in total. The molecule has 0 amide bonds. The SMILES string of the molecule is N#Cc1ccccc1S(=O)(=O)N1CCN(Cc2c(-c3ccc(Cl)cc3)nc3ccc(-c4ccccc4)cn23)CC1. The van der Waals surface area contributed by atoms with Gasteiger partial charge in [0.25, 0.3) is 0 Å². The van der Waals surface area contributed by atoms with E-state index in [9.17, 15) is 13.7 Å². The second-order valence-corrected chi connectivity index (χ2v) is 12.1. The first-order valence-electron chi connectivity index (χ1n) is 13.0. The molecular weight excluding hydrogens is 542 g/mol. The number of rotatable bonds is 6. The van der Waals surface area contributed by atoms with Crippen molar-refractivity contribution in [2.24, 2.45) is 0 Å². The molecule has 5 aromatic rings. The average Bonchev–Trinajstić information content (AvgIpc) is 3.35. The van der Waals surface area contributed by atoms with Gasteiger partial charge in [-0.1, -0.05) is 66.2 Å². The van der Waals surface area contributed by atoms with Gasteiger partial charge in [0.2, 0.25) is 10.0 Å². The number of nitrogens with zero attached hydrogens (tertiary/aromatic N) is 5. The Morgan fingerprint density at radius 1 is 0.800 bits per heavy atom. The summed E-state index contributed by atoms with van der Waals surface area (Å²) in [4.78, 5) is 7.29. The van der Waals surface area contributed by atoms with Gasteiger partial charge in [0.1, 0.15) is 11.7 Å². The number of imidazole rings is 1. The number of benzene rings is 3. The quantitative estimate of drug-likeness (QED) is 0.263. The molecule has 1 fully saturated rings. The molecule has 200 valence electrons. The Labute approximate surface area is 238 Å². The molecule has 7 nitrogen and oxygen atoms in total. The van der Waals surface area contributed by atoms with Crippen LogP contribution in [0.5, 0.6) is 0 Å².